The fourth-order valence-corrected chi connectivity index (χ4v) is 2.90. The van der Waals surface area contributed by atoms with E-state index in [-0.39, 0.29) is 30.0 Å². The lowest BCUT2D eigenvalue weighted by Gasteiger charge is -2.21. The number of hydrogen-bond donors (Lipinski definition) is 2. The van der Waals surface area contributed by atoms with Crippen LogP contribution < -0.4 is 11.1 Å². The average Bonchev–Trinajstić information content (AvgIpc) is 3.14. The molecule has 9 heteroatoms. The maximum atomic E-state index is 13.3. The third kappa shape index (κ3) is 2.82. The summed E-state index contributed by atoms with van der Waals surface area (Å²) in [6.45, 7) is 3.33. The first-order valence-electron chi connectivity index (χ1n) is 7.13. The highest BCUT2D eigenvalue weighted by Crippen LogP contribution is 2.34. The van der Waals surface area contributed by atoms with Crippen LogP contribution in [0.15, 0.2) is 12.7 Å². The molecule has 1 saturated heterocycles. The second-order valence-corrected chi connectivity index (χ2v) is 5.26. The minimum Gasteiger partial charge on any atom is -0.373 e. The number of carbonyl (C=O) groups is 2. The molecule has 0 aliphatic carbocycles. The summed E-state index contributed by atoms with van der Waals surface area (Å²) in [5.41, 5.74) is 5.36. The van der Waals surface area contributed by atoms with Crippen molar-refractivity contribution in [2.75, 3.05) is 18.9 Å². The SMILES string of the molecule is C#Cc1nn([C@H]2C[C@H](C(F)F)N(C(=O)C=C)C2)c(NC)c1C(N)=O. The number of carbonyl (C=O) groups excluding carboxylic acids is 2. The van der Waals surface area contributed by atoms with E-state index in [4.69, 9.17) is 12.2 Å². The summed E-state index contributed by atoms with van der Waals surface area (Å²) in [4.78, 5) is 24.5. The molecule has 2 atom stereocenters. The Morgan fingerprint density at radius 3 is 2.71 bits per heavy atom. The molecule has 0 saturated carbocycles. The summed E-state index contributed by atoms with van der Waals surface area (Å²) in [6.07, 6.45) is 3.58. The molecule has 1 fully saturated rings. The van der Waals surface area contributed by atoms with Crippen molar-refractivity contribution in [3.8, 4) is 12.3 Å². The van der Waals surface area contributed by atoms with Crippen molar-refractivity contribution in [1.82, 2.24) is 14.7 Å². The summed E-state index contributed by atoms with van der Waals surface area (Å²) in [7, 11) is 1.53. The van der Waals surface area contributed by atoms with Crippen molar-refractivity contribution in [2.45, 2.75) is 24.9 Å². The molecule has 0 aromatic carbocycles. The molecule has 0 unspecified atom stereocenters. The number of primary amides is 1. The fraction of sp³-hybridized carbons (Fsp3) is 0.400. The average molecular weight is 337 g/mol. The van der Waals surface area contributed by atoms with Gasteiger partial charge in [0.1, 0.15) is 17.1 Å². The third-order valence-corrected chi connectivity index (χ3v) is 3.95. The van der Waals surface area contributed by atoms with Crippen molar-refractivity contribution in [1.29, 1.82) is 0 Å². The van der Waals surface area contributed by atoms with Gasteiger partial charge in [-0.1, -0.05) is 6.58 Å². The fourth-order valence-electron chi connectivity index (χ4n) is 2.90. The molecule has 1 aliphatic heterocycles. The maximum Gasteiger partial charge on any atom is 0.258 e. The van der Waals surface area contributed by atoms with Crippen LogP contribution in [0.1, 0.15) is 28.5 Å². The van der Waals surface area contributed by atoms with Crippen molar-refractivity contribution < 1.29 is 18.4 Å². The molecule has 2 amide bonds. The lowest BCUT2D eigenvalue weighted by atomic mass is 10.1. The van der Waals surface area contributed by atoms with E-state index in [1.54, 1.807) is 0 Å². The number of aromatic nitrogens is 2. The minimum atomic E-state index is -2.71. The molecule has 3 N–H and O–H groups in total. The van der Waals surface area contributed by atoms with Crippen LogP contribution in [-0.2, 0) is 4.79 Å². The zero-order valence-corrected chi connectivity index (χ0v) is 13.0. The van der Waals surface area contributed by atoms with E-state index in [2.05, 4.69) is 22.9 Å². The molecule has 7 nitrogen and oxygen atoms in total. The summed E-state index contributed by atoms with van der Waals surface area (Å²) < 4.78 is 27.9. The van der Waals surface area contributed by atoms with Gasteiger partial charge in [0.15, 0.2) is 0 Å². The van der Waals surface area contributed by atoms with Gasteiger partial charge in [-0.05, 0) is 18.4 Å². The molecule has 1 aromatic heterocycles. The predicted molar refractivity (Wildman–Crippen MR) is 83.6 cm³/mol. The molecule has 1 aromatic rings. The molecule has 0 spiro atoms. The summed E-state index contributed by atoms with van der Waals surface area (Å²) in [5.74, 6) is 1.13. The van der Waals surface area contributed by atoms with Crippen LogP contribution >= 0.6 is 0 Å². The van der Waals surface area contributed by atoms with E-state index in [0.717, 1.165) is 11.0 Å². The van der Waals surface area contributed by atoms with Crippen LogP contribution in [0.2, 0.25) is 0 Å². The predicted octanol–water partition coefficient (Wildman–Crippen LogP) is 0.598. The van der Waals surface area contributed by atoms with E-state index in [1.807, 2.05) is 0 Å². The highest BCUT2D eigenvalue weighted by atomic mass is 19.3. The number of alkyl halides is 2. The number of anilines is 1. The van der Waals surface area contributed by atoms with E-state index in [1.165, 1.54) is 11.7 Å². The summed E-state index contributed by atoms with van der Waals surface area (Å²) in [5, 5.41) is 6.90. The van der Waals surface area contributed by atoms with Crippen molar-refractivity contribution in [3.05, 3.63) is 23.9 Å². The lowest BCUT2D eigenvalue weighted by Crippen LogP contribution is -2.38. The highest BCUT2D eigenvalue weighted by molar-refractivity contribution is 6.00. The van der Waals surface area contributed by atoms with Gasteiger partial charge in [0.05, 0.1) is 12.1 Å². The molecule has 1 aliphatic rings. The van der Waals surface area contributed by atoms with Gasteiger partial charge in [-0.15, -0.1) is 6.42 Å². The van der Waals surface area contributed by atoms with Crippen LogP contribution in [0.25, 0.3) is 0 Å². The Kier molecular flexibility index (Phi) is 4.87. The highest BCUT2D eigenvalue weighted by Gasteiger charge is 2.42. The normalized spacial score (nSPS) is 20.0. The quantitative estimate of drug-likeness (QED) is 0.608. The lowest BCUT2D eigenvalue weighted by molar-refractivity contribution is -0.129. The number of nitrogens with one attached hydrogen (secondary N) is 1. The molecule has 128 valence electrons. The van der Waals surface area contributed by atoms with Gasteiger partial charge in [-0.25, -0.2) is 13.5 Å². The number of terminal acetylenes is 1. The molecule has 2 heterocycles. The van der Waals surface area contributed by atoms with Crippen LogP contribution in [0.3, 0.4) is 0 Å². The molecule has 0 bridgehead atoms. The van der Waals surface area contributed by atoms with E-state index in [9.17, 15) is 18.4 Å². The van der Waals surface area contributed by atoms with Crippen LogP contribution in [-0.4, -0.2) is 52.6 Å². The van der Waals surface area contributed by atoms with Crippen LogP contribution in [0, 0.1) is 12.3 Å². The number of nitrogens with two attached hydrogens (primary N) is 1. The van der Waals surface area contributed by atoms with Crippen molar-refractivity contribution >= 4 is 17.6 Å². The number of amides is 2. The van der Waals surface area contributed by atoms with Gasteiger partial charge in [0.2, 0.25) is 5.91 Å². The van der Waals surface area contributed by atoms with Crippen molar-refractivity contribution in [2.24, 2.45) is 5.73 Å². The maximum absolute atomic E-state index is 13.3. The standard InChI is InChI=1S/C15H17F2N5O2/c1-4-9-12(14(18)24)15(19-3)22(20-9)8-6-10(13(16)17)21(7-8)11(23)5-2/h1,5,8,10,13,19H,2,6-7H2,3H3,(H2,18,24)/t8-,10+/m0/s1. The second-order valence-electron chi connectivity index (χ2n) is 5.26. The largest absolute Gasteiger partial charge is 0.373 e. The van der Waals surface area contributed by atoms with E-state index < -0.39 is 30.3 Å². The number of rotatable bonds is 5. The Morgan fingerprint density at radius 1 is 1.58 bits per heavy atom. The Labute approximate surface area is 137 Å². The first-order chi connectivity index (χ1) is 11.3. The van der Waals surface area contributed by atoms with E-state index >= 15 is 0 Å². The van der Waals surface area contributed by atoms with Gasteiger partial charge in [-0.2, -0.15) is 5.10 Å². The van der Waals surface area contributed by atoms with E-state index in [0.29, 0.717) is 0 Å². The Bertz CT molecular complexity index is 722. The first-order valence-corrected chi connectivity index (χ1v) is 7.13. The molecular weight excluding hydrogens is 320 g/mol. The van der Waals surface area contributed by atoms with Gasteiger partial charge in [0.25, 0.3) is 12.3 Å². The topological polar surface area (TPSA) is 93.2 Å². The molecular formula is C15H17F2N5O2. The summed E-state index contributed by atoms with van der Waals surface area (Å²) >= 11 is 0. The van der Waals surface area contributed by atoms with Crippen molar-refractivity contribution in [3.63, 3.8) is 0 Å². The second kappa shape index (κ2) is 6.70. The Hall–Kier alpha value is -2.89. The summed E-state index contributed by atoms with van der Waals surface area (Å²) in [6, 6.07) is -1.84. The monoisotopic (exact) mass is 337 g/mol. The number of halogens is 2. The zero-order valence-electron chi connectivity index (χ0n) is 13.0. The zero-order chi connectivity index (χ0) is 18.0. The Morgan fingerprint density at radius 2 is 2.25 bits per heavy atom. The van der Waals surface area contributed by atoms with Gasteiger partial charge in [0, 0.05) is 13.6 Å². The smallest absolute Gasteiger partial charge is 0.258 e. The molecule has 24 heavy (non-hydrogen) atoms. The number of nitrogens with zero attached hydrogens (tertiary/aromatic N) is 3. The number of likely N-dealkylation sites (tertiary alicyclic amines) is 1. The number of hydrogen-bond acceptors (Lipinski definition) is 4. The molecule has 0 radical (unpaired) electrons. The van der Waals surface area contributed by atoms with Crippen LogP contribution in [0.5, 0.6) is 0 Å². The van der Waals surface area contributed by atoms with Crippen LogP contribution in [0.4, 0.5) is 14.6 Å². The Balaban J connectivity index is 2.46. The van der Waals surface area contributed by atoms with Gasteiger partial charge >= 0.3 is 0 Å². The third-order valence-electron chi connectivity index (χ3n) is 3.95. The minimum absolute atomic E-state index is 0.00155. The first kappa shape index (κ1) is 17.5. The van der Waals surface area contributed by atoms with Gasteiger partial charge in [-0.3, -0.25) is 9.59 Å². The molecule has 2 rings (SSSR count). The van der Waals surface area contributed by atoms with Gasteiger partial charge < -0.3 is 16.0 Å².